The third-order valence-electron chi connectivity index (χ3n) is 4.45. The highest BCUT2D eigenvalue weighted by atomic mass is 32.1. The summed E-state index contributed by atoms with van der Waals surface area (Å²) in [7, 11) is 4.07. The smallest absolute Gasteiger partial charge is 0.267 e. The van der Waals surface area contributed by atoms with Crippen molar-refractivity contribution in [2.75, 3.05) is 32.1 Å². The van der Waals surface area contributed by atoms with Crippen LogP contribution in [0.3, 0.4) is 0 Å². The minimum Gasteiger partial charge on any atom is -0.378 e. The predicted molar refractivity (Wildman–Crippen MR) is 95.8 cm³/mol. The van der Waals surface area contributed by atoms with Crippen LogP contribution in [0.2, 0.25) is 0 Å². The molecule has 3 rings (SSSR count). The van der Waals surface area contributed by atoms with Crippen molar-refractivity contribution in [3.8, 4) is 0 Å². The van der Waals surface area contributed by atoms with Gasteiger partial charge in [0.1, 0.15) is 4.88 Å². The van der Waals surface area contributed by atoms with E-state index in [-0.39, 0.29) is 5.91 Å². The van der Waals surface area contributed by atoms with E-state index in [0.29, 0.717) is 17.3 Å². The van der Waals surface area contributed by atoms with E-state index >= 15 is 0 Å². The Balaban J connectivity index is 1.77. The lowest BCUT2D eigenvalue weighted by Gasteiger charge is -2.18. The van der Waals surface area contributed by atoms with Crippen molar-refractivity contribution < 1.29 is 4.79 Å². The molecule has 1 aliphatic heterocycles. The summed E-state index contributed by atoms with van der Waals surface area (Å²) in [5, 5.41) is 4.05. The van der Waals surface area contributed by atoms with Gasteiger partial charge in [-0.05, 0) is 43.4 Å². The number of hydrogen-bond acceptors (Lipinski definition) is 6. The first-order chi connectivity index (χ1) is 11.5. The Morgan fingerprint density at radius 3 is 2.92 bits per heavy atom. The molecule has 0 saturated carbocycles. The van der Waals surface area contributed by atoms with Crippen LogP contribution in [0.15, 0.2) is 12.1 Å². The topological polar surface area (TPSA) is 62.2 Å². The number of aryl methyl sites for hydroxylation is 2. The summed E-state index contributed by atoms with van der Waals surface area (Å²) >= 11 is 1.20. The highest BCUT2D eigenvalue weighted by Crippen LogP contribution is 2.30. The molecule has 1 amide bonds. The highest BCUT2D eigenvalue weighted by Gasteiger charge is 2.31. The zero-order valence-corrected chi connectivity index (χ0v) is 15.4. The van der Waals surface area contributed by atoms with E-state index in [1.165, 1.54) is 11.5 Å². The van der Waals surface area contributed by atoms with E-state index in [0.717, 1.165) is 42.2 Å². The second-order valence-corrected chi connectivity index (χ2v) is 7.18. The second-order valence-electron chi connectivity index (χ2n) is 6.43. The summed E-state index contributed by atoms with van der Waals surface area (Å²) in [5.41, 5.74) is 4.05. The van der Waals surface area contributed by atoms with E-state index in [9.17, 15) is 4.79 Å². The molecule has 2 aromatic heterocycles. The fourth-order valence-electron chi connectivity index (χ4n) is 3.07. The standard InChI is InChI=1S/C17H23N5OS/c1-5-14-16(24-20-19-14)17(23)22-7-6-12(10-22)15-9-13(21(3)4)8-11(2)18-15/h8-9,12H,5-7,10H2,1-4H3. The van der Waals surface area contributed by atoms with E-state index in [1.54, 1.807) is 0 Å². The van der Waals surface area contributed by atoms with E-state index in [4.69, 9.17) is 4.98 Å². The molecule has 0 spiro atoms. The molecule has 7 heteroatoms. The zero-order valence-electron chi connectivity index (χ0n) is 14.6. The minimum absolute atomic E-state index is 0.0600. The van der Waals surface area contributed by atoms with Gasteiger partial charge in [0.25, 0.3) is 5.91 Å². The van der Waals surface area contributed by atoms with Crippen LogP contribution in [0.5, 0.6) is 0 Å². The molecule has 3 heterocycles. The van der Waals surface area contributed by atoms with Gasteiger partial charge < -0.3 is 9.80 Å². The van der Waals surface area contributed by atoms with Gasteiger partial charge in [-0.1, -0.05) is 11.4 Å². The number of anilines is 1. The molecular formula is C17H23N5OS. The Kier molecular flexibility index (Phi) is 4.80. The lowest BCUT2D eigenvalue weighted by molar-refractivity contribution is 0.0794. The molecule has 0 aromatic carbocycles. The Bertz CT molecular complexity index is 742. The third kappa shape index (κ3) is 3.26. The molecule has 2 aromatic rings. The number of aromatic nitrogens is 3. The first-order valence-corrected chi connectivity index (χ1v) is 9.03. The fourth-order valence-corrected chi connectivity index (χ4v) is 3.79. The molecule has 1 fully saturated rings. The number of amides is 1. The van der Waals surface area contributed by atoms with Crippen molar-refractivity contribution in [1.82, 2.24) is 19.5 Å². The lowest BCUT2D eigenvalue weighted by Crippen LogP contribution is -2.28. The Morgan fingerprint density at radius 1 is 1.42 bits per heavy atom. The predicted octanol–water partition coefficient (Wildman–Crippen LogP) is 2.50. The SMILES string of the molecule is CCc1nnsc1C(=O)N1CCC(c2cc(N(C)C)cc(C)n2)C1. The largest absolute Gasteiger partial charge is 0.378 e. The molecule has 0 bridgehead atoms. The normalized spacial score (nSPS) is 17.3. The maximum Gasteiger partial charge on any atom is 0.267 e. The molecule has 1 atom stereocenters. The third-order valence-corrected chi connectivity index (χ3v) is 5.21. The van der Waals surface area contributed by atoms with Gasteiger partial charge in [0.15, 0.2) is 0 Å². The fraction of sp³-hybridized carbons (Fsp3) is 0.529. The van der Waals surface area contributed by atoms with Crippen LogP contribution in [0.25, 0.3) is 0 Å². The molecule has 0 aliphatic carbocycles. The highest BCUT2D eigenvalue weighted by molar-refractivity contribution is 7.08. The van der Waals surface area contributed by atoms with Crippen molar-refractivity contribution in [2.45, 2.75) is 32.6 Å². The van der Waals surface area contributed by atoms with Gasteiger partial charge in [0, 0.05) is 50.2 Å². The number of carbonyl (C=O) groups is 1. The molecule has 128 valence electrons. The van der Waals surface area contributed by atoms with Gasteiger partial charge in [0.2, 0.25) is 0 Å². The maximum absolute atomic E-state index is 12.7. The number of hydrogen-bond donors (Lipinski definition) is 0. The molecular weight excluding hydrogens is 322 g/mol. The number of nitrogens with zero attached hydrogens (tertiary/aromatic N) is 5. The summed E-state index contributed by atoms with van der Waals surface area (Å²) in [6.07, 6.45) is 1.68. The number of carbonyl (C=O) groups excluding carboxylic acids is 1. The number of rotatable bonds is 4. The van der Waals surface area contributed by atoms with Crippen LogP contribution in [0.4, 0.5) is 5.69 Å². The van der Waals surface area contributed by atoms with Gasteiger partial charge in [-0.25, -0.2) is 0 Å². The van der Waals surface area contributed by atoms with Crippen LogP contribution in [-0.4, -0.2) is 52.6 Å². The first-order valence-electron chi connectivity index (χ1n) is 8.26. The van der Waals surface area contributed by atoms with Crippen molar-refractivity contribution in [2.24, 2.45) is 0 Å². The van der Waals surface area contributed by atoms with Gasteiger partial charge in [-0.3, -0.25) is 9.78 Å². The van der Waals surface area contributed by atoms with Gasteiger partial charge in [0.05, 0.1) is 5.69 Å². The van der Waals surface area contributed by atoms with Gasteiger partial charge in [-0.2, -0.15) is 0 Å². The molecule has 0 N–H and O–H groups in total. The summed E-state index contributed by atoms with van der Waals surface area (Å²) in [5.74, 6) is 0.350. The maximum atomic E-state index is 12.7. The van der Waals surface area contributed by atoms with Crippen LogP contribution in [-0.2, 0) is 6.42 Å². The molecule has 1 saturated heterocycles. The summed E-state index contributed by atoms with van der Waals surface area (Å²) in [4.78, 5) is 22.1. The average Bonchev–Trinajstić information content (AvgIpc) is 3.22. The minimum atomic E-state index is 0.0600. The number of pyridine rings is 1. The van der Waals surface area contributed by atoms with E-state index < -0.39 is 0 Å². The Hall–Kier alpha value is -2.02. The molecule has 1 aliphatic rings. The molecule has 0 radical (unpaired) electrons. The van der Waals surface area contributed by atoms with Crippen molar-refractivity contribution in [1.29, 1.82) is 0 Å². The lowest BCUT2D eigenvalue weighted by atomic mass is 10.0. The Morgan fingerprint density at radius 2 is 2.21 bits per heavy atom. The monoisotopic (exact) mass is 345 g/mol. The van der Waals surface area contributed by atoms with Crippen LogP contribution < -0.4 is 4.90 Å². The zero-order chi connectivity index (χ0) is 17.3. The molecule has 6 nitrogen and oxygen atoms in total. The quantitative estimate of drug-likeness (QED) is 0.852. The summed E-state index contributed by atoms with van der Waals surface area (Å²) in [6.45, 7) is 5.49. The van der Waals surface area contributed by atoms with Crippen LogP contribution >= 0.6 is 11.5 Å². The summed E-state index contributed by atoms with van der Waals surface area (Å²) in [6, 6.07) is 4.22. The van der Waals surface area contributed by atoms with Crippen molar-refractivity contribution >= 4 is 23.1 Å². The second kappa shape index (κ2) is 6.84. The van der Waals surface area contributed by atoms with Gasteiger partial charge in [-0.15, -0.1) is 5.10 Å². The average molecular weight is 345 g/mol. The Labute approximate surface area is 146 Å². The first kappa shape index (κ1) is 16.8. The van der Waals surface area contributed by atoms with Crippen molar-refractivity contribution in [3.05, 3.63) is 34.1 Å². The molecule has 1 unspecified atom stereocenters. The van der Waals surface area contributed by atoms with Gasteiger partial charge >= 0.3 is 0 Å². The van der Waals surface area contributed by atoms with E-state index in [1.807, 2.05) is 32.8 Å². The molecule has 24 heavy (non-hydrogen) atoms. The number of likely N-dealkylation sites (tertiary alicyclic amines) is 1. The van der Waals surface area contributed by atoms with Crippen LogP contribution in [0, 0.1) is 6.92 Å². The van der Waals surface area contributed by atoms with Crippen molar-refractivity contribution in [3.63, 3.8) is 0 Å². The summed E-state index contributed by atoms with van der Waals surface area (Å²) < 4.78 is 3.93. The van der Waals surface area contributed by atoms with E-state index in [2.05, 4.69) is 26.6 Å². The van der Waals surface area contributed by atoms with Crippen LogP contribution in [0.1, 0.15) is 46.0 Å².